The first kappa shape index (κ1) is 11.0. The summed E-state index contributed by atoms with van der Waals surface area (Å²) >= 11 is 0. The first-order valence-corrected chi connectivity index (χ1v) is 5.37. The second kappa shape index (κ2) is 5.63. The van der Waals surface area contributed by atoms with Gasteiger partial charge in [0.2, 0.25) is 0 Å². The maximum absolute atomic E-state index is 5.45. The molecule has 2 heteroatoms. The van der Waals surface area contributed by atoms with E-state index in [9.17, 15) is 0 Å². The summed E-state index contributed by atoms with van der Waals surface area (Å²) in [5, 5.41) is 0. The molecule has 1 aliphatic rings. The fourth-order valence-electron chi connectivity index (χ4n) is 2.00. The predicted molar refractivity (Wildman–Crippen MR) is 62.2 cm³/mol. The number of allylic oxidation sites excluding steroid dienone is 3. The van der Waals surface area contributed by atoms with E-state index >= 15 is 0 Å². The van der Waals surface area contributed by atoms with Crippen LogP contribution in [0.4, 0.5) is 0 Å². The number of hydrogen-bond acceptors (Lipinski definition) is 2. The molecule has 0 aromatic heterocycles. The lowest BCUT2D eigenvalue weighted by Gasteiger charge is -2.20. The smallest absolute Gasteiger partial charge is 0.0556 e. The lowest BCUT2D eigenvalue weighted by molar-refractivity contribution is 0.516. The van der Waals surface area contributed by atoms with Crippen molar-refractivity contribution in [2.45, 2.75) is 39.0 Å². The highest BCUT2D eigenvalue weighted by Gasteiger charge is 2.13. The van der Waals surface area contributed by atoms with Gasteiger partial charge in [-0.2, -0.15) is 0 Å². The second-order valence-corrected chi connectivity index (χ2v) is 3.85. The molecule has 0 aliphatic heterocycles. The van der Waals surface area contributed by atoms with Gasteiger partial charge in [-0.15, -0.1) is 0 Å². The summed E-state index contributed by atoms with van der Waals surface area (Å²) < 4.78 is 0. The Morgan fingerprint density at radius 3 is 3.14 bits per heavy atom. The van der Waals surface area contributed by atoms with Crippen LogP contribution in [0.5, 0.6) is 0 Å². The van der Waals surface area contributed by atoms with Crippen LogP contribution in [0.1, 0.15) is 39.0 Å². The molecule has 1 rings (SSSR count). The van der Waals surface area contributed by atoms with Gasteiger partial charge in [0.05, 0.1) is 5.70 Å². The van der Waals surface area contributed by atoms with Crippen LogP contribution in [0.3, 0.4) is 0 Å². The maximum atomic E-state index is 5.45. The molecule has 0 fully saturated rings. The number of nitrogens with two attached hydrogens (primary N) is 1. The standard InChI is InChI=1S/C12H20N2/c1-3-10-5-4-6-11(7-10)8-12(9-13)14-2/h7,9,11H,2-6,8,13H2,1H3/b12-9-. The molecule has 1 unspecified atom stereocenters. The van der Waals surface area contributed by atoms with E-state index in [4.69, 9.17) is 5.73 Å². The minimum Gasteiger partial charge on any atom is -0.403 e. The highest BCUT2D eigenvalue weighted by Crippen LogP contribution is 2.28. The van der Waals surface area contributed by atoms with E-state index in [-0.39, 0.29) is 0 Å². The zero-order chi connectivity index (χ0) is 10.4. The van der Waals surface area contributed by atoms with Crippen LogP contribution in [-0.2, 0) is 0 Å². The number of aliphatic imine (C=N–C) groups is 1. The van der Waals surface area contributed by atoms with Crippen LogP contribution in [0, 0.1) is 5.92 Å². The molecular weight excluding hydrogens is 172 g/mol. The molecule has 0 saturated carbocycles. The Bertz CT molecular complexity index is 251. The van der Waals surface area contributed by atoms with Crippen molar-refractivity contribution in [1.29, 1.82) is 0 Å². The van der Waals surface area contributed by atoms with Crippen molar-refractivity contribution in [1.82, 2.24) is 0 Å². The molecule has 0 saturated heterocycles. The van der Waals surface area contributed by atoms with E-state index < -0.39 is 0 Å². The Morgan fingerprint density at radius 2 is 2.57 bits per heavy atom. The van der Waals surface area contributed by atoms with E-state index in [0.717, 1.165) is 12.1 Å². The quantitative estimate of drug-likeness (QED) is 0.539. The van der Waals surface area contributed by atoms with Crippen LogP contribution in [0.2, 0.25) is 0 Å². The fraction of sp³-hybridized carbons (Fsp3) is 0.583. The summed E-state index contributed by atoms with van der Waals surface area (Å²) in [4.78, 5) is 3.91. The van der Waals surface area contributed by atoms with Gasteiger partial charge < -0.3 is 5.73 Å². The van der Waals surface area contributed by atoms with Gasteiger partial charge in [-0.3, -0.25) is 4.99 Å². The molecule has 0 amide bonds. The zero-order valence-electron chi connectivity index (χ0n) is 9.00. The third kappa shape index (κ3) is 3.02. The topological polar surface area (TPSA) is 38.4 Å². The Kier molecular flexibility index (Phi) is 4.44. The normalized spacial score (nSPS) is 23.1. The van der Waals surface area contributed by atoms with Gasteiger partial charge in [0.25, 0.3) is 0 Å². The summed E-state index contributed by atoms with van der Waals surface area (Å²) in [5.74, 6) is 0.624. The number of hydrogen-bond donors (Lipinski definition) is 1. The summed E-state index contributed by atoms with van der Waals surface area (Å²) in [6.45, 7) is 5.74. The van der Waals surface area contributed by atoms with Crippen LogP contribution >= 0.6 is 0 Å². The van der Waals surface area contributed by atoms with E-state index in [2.05, 4.69) is 24.7 Å². The summed E-state index contributed by atoms with van der Waals surface area (Å²) in [6.07, 6.45) is 9.94. The molecule has 1 atom stereocenters. The van der Waals surface area contributed by atoms with Crippen LogP contribution in [0.25, 0.3) is 0 Å². The second-order valence-electron chi connectivity index (χ2n) is 3.85. The lowest BCUT2D eigenvalue weighted by atomic mass is 9.87. The van der Waals surface area contributed by atoms with Crippen LogP contribution < -0.4 is 5.73 Å². The van der Waals surface area contributed by atoms with E-state index in [1.165, 1.54) is 25.7 Å². The van der Waals surface area contributed by atoms with Crippen LogP contribution in [-0.4, -0.2) is 6.72 Å². The summed E-state index contributed by atoms with van der Waals surface area (Å²) in [7, 11) is 0. The molecule has 0 radical (unpaired) electrons. The largest absolute Gasteiger partial charge is 0.403 e. The molecule has 1 aliphatic carbocycles. The molecule has 0 aromatic carbocycles. The minimum atomic E-state index is 0.624. The first-order valence-electron chi connectivity index (χ1n) is 5.37. The van der Waals surface area contributed by atoms with Crippen molar-refractivity contribution < 1.29 is 0 Å². The van der Waals surface area contributed by atoms with Crippen molar-refractivity contribution in [3.8, 4) is 0 Å². The molecule has 2 nitrogen and oxygen atoms in total. The average Bonchev–Trinajstić information content (AvgIpc) is 2.26. The average molecular weight is 192 g/mol. The molecule has 2 N–H and O–H groups in total. The Balaban J connectivity index is 2.56. The highest BCUT2D eigenvalue weighted by atomic mass is 14.7. The SMILES string of the molecule is C=N/C(=C\N)CC1C=C(CC)CCC1. The maximum Gasteiger partial charge on any atom is 0.0556 e. The van der Waals surface area contributed by atoms with E-state index in [1.54, 1.807) is 11.8 Å². The molecule has 0 bridgehead atoms. The highest BCUT2D eigenvalue weighted by molar-refractivity contribution is 5.29. The third-order valence-corrected chi connectivity index (χ3v) is 2.87. The van der Waals surface area contributed by atoms with Crippen molar-refractivity contribution >= 4 is 6.72 Å². The van der Waals surface area contributed by atoms with E-state index in [1.807, 2.05) is 0 Å². The van der Waals surface area contributed by atoms with E-state index in [0.29, 0.717) is 5.92 Å². The Morgan fingerprint density at radius 1 is 1.79 bits per heavy atom. The van der Waals surface area contributed by atoms with Gasteiger partial charge in [0, 0.05) is 6.20 Å². The van der Waals surface area contributed by atoms with Gasteiger partial charge in [-0.25, -0.2) is 0 Å². The Hall–Kier alpha value is -1.05. The molecule has 0 spiro atoms. The lowest BCUT2D eigenvalue weighted by Crippen LogP contribution is -2.05. The van der Waals surface area contributed by atoms with Crippen molar-refractivity contribution in [2.75, 3.05) is 0 Å². The van der Waals surface area contributed by atoms with Gasteiger partial charge in [0.1, 0.15) is 0 Å². The van der Waals surface area contributed by atoms with Gasteiger partial charge >= 0.3 is 0 Å². The molecular formula is C12H20N2. The van der Waals surface area contributed by atoms with Crippen LogP contribution in [0.15, 0.2) is 28.5 Å². The monoisotopic (exact) mass is 192 g/mol. The number of nitrogens with zero attached hydrogens (tertiary/aromatic N) is 1. The van der Waals surface area contributed by atoms with Crippen molar-refractivity contribution in [2.24, 2.45) is 16.6 Å². The fourth-order valence-corrected chi connectivity index (χ4v) is 2.00. The van der Waals surface area contributed by atoms with Crippen molar-refractivity contribution in [3.63, 3.8) is 0 Å². The van der Waals surface area contributed by atoms with Gasteiger partial charge in [-0.05, 0) is 44.7 Å². The summed E-state index contributed by atoms with van der Waals surface area (Å²) in [6, 6.07) is 0. The predicted octanol–water partition coefficient (Wildman–Crippen LogP) is 3.01. The molecule has 0 heterocycles. The Labute approximate surface area is 86.6 Å². The molecule has 14 heavy (non-hydrogen) atoms. The third-order valence-electron chi connectivity index (χ3n) is 2.87. The minimum absolute atomic E-state index is 0.624. The number of rotatable bonds is 4. The zero-order valence-corrected chi connectivity index (χ0v) is 9.00. The molecule has 0 aromatic rings. The van der Waals surface area contributed by atoms with Gasteiger partial charge in [-0.1, -0.05) is 18.6 Å². The van der Waals surface area contributed by atoms with Crippen molar-refractivity contribution in [3.05, 3.63) is 23.5 Å². The summed E-state index contributed by atoms with van der Waals surface area (Å²) in [5.41, 5.74) is 7.96. The van der Waals surface area contributed by atoms with Gasteiger partial charge in [0.15, 0.2) is 0 Å². The molecule has 78 valence electrons. The first-order chi connectivity index (χ1) is 6.80.